The highest BCUT2D eigenvalue weighted by molar-refractivity contribution is 7.80. The zero-order valence-electron chi connectivity index (χ0n) is 19.3. The summed E-state index contributed by atoms with van der Waals surface area (Å²) in [5.41, 5.74) is 2.83. The van der Waals surface area contributed by atoms with Crippen LogP contribution in [0.2, 0.25) is 0 Å². The summed E-state index contributed by atoms with van der Waals surface area (Å²) in [5, 5.41) is 10.3. The minimum absolute atomic E-state index is 0.115. The predicted octanol–water partition coefficient (Wildman–Crippen LogP) is 5.81. The lowest BCUT2D eigenvalue weighted by Gasteiger charge is -2.12. The number of nitrogens with one attached hydrogen (secondary N) is 2. The molecule has 0 spiro atoms. The molecule has 35 heavy (non-hydrogen) atoms. The van der Waals surface area contributed by atoms with E-state index >= 15 is 0 Å². The molecule has 1 heterocycles. The van der Waals surface area contributed by atoms with E-state index in [1.165, 1.54) is 11.3 Å². The molecular weight excluding hydrogens is 480 g/mol. The molecule has 0 aliphatic rings. The summed E-state index contributed by atoms with van der Waals surface area (Å²) in [6.07, 6.45) is 0.176. The van der Waals surface area contributed by atoms with Crippen molar-refractivity contribution in [2.45, 2.75) is 13.3 Å². The standard InChI is InChI=1S/C27H24N2O4S2/c1-3-33-26(31)24-22(18-11-13-20(32-2)14-12-18)16-35-25(24)29-27(34)28-23(30)15-19-9-6-8-17-7-4-5-10-21(17)19/h4-14,16H,3,15H2,1-2H3,(H2,28,29,30,34). The lowest BCUT2D eigenvalue weighted by molar-refractivity contribution is -0.119. The van der Waals surface area contributed by atoms with Gasteiger partial charge in [-0.1, -0.05) is 54.6 Å². The lowest BCUT2D eigenvalue weighted by Crippen LogP contribution is -2.35. The van der Waals surface area contributed by atoms with E-state index < -0.39 is 5.97 Å². The van der Waals surface area contributed by atoms with Gasteiger partial charge in [0, 0.05) is 10.9 Å². The van der Waals surface area contributed by atoms with Crippen molar-refractivity contribution >= 4 is 56.3 Å². The van der Waals surface area contributed by atoms with Gasteiger partial charge < -0.3 is 20.1 Å². The first kappa shape index (κ1) is 24.4. The molecule has 0 bridgehead atoms. The van der Waals surface area contributed by atoms with Crippen molar-refractivity contribution in [2.75, 3.05) is 19.0 Å². The maximum absolute atomic E-state index is 12.8. The second kappa shape index (κ2) is 11.1. The van der Waals surface area contributed by atoms with Gasteiger partial charge in [-0.2, -0.15) is 0 Å². The summed E-state index contributed by atoms with van der Waals surface area (Å²) in [5.74, 6) is 0.00511. The number of carbonyl (C=O) groups is 2. The fraction of sp³-hybridized carbons (Fsp3) is 0.148. The van der Waals surface area contributed by atoms with Crippen LogP contribution in [0.25, 0.3) is 21.9 Å². The predicted molar refractivity (Wildman–Crippen MR) is 144 cm³/mol. The molecule has 0 saturated heterocycles. The van der Waals surface area contributed by atoms with E-state index in [1.54, 1.807) is 14.0 Å². The number of carbonyl (C=O) groups excluding carboxylic acids is 2. The number of amides is 1. The van der Waals surface area contributed by atoms with Crippen molar-refractivity contribution in [1.82, 2.24) is 5.32 Å². The quantitative estimate of drug-likeness (QED) is 0.244. The molecule has 0 aliphatic heterocycles. The second-order valence-electron chi connectivity index (χ2n) is 7.62. The average molecular weight is 505 g/mol. The van der Waals surface area contributed by atoms with E-state index in [1.807, 2.05) is 72.1 Å². The van der Waals surface area contributed by atoms with Gasteiger partial charge in [-0.15, -0.1) is 11.3 Å². The Morgan fingerprint density at radius 1 is 1.00 bits per heavy atom. The SMILES string of the molecule is CCOC(=O)c1c(-c2ccc(OC)cc2)csc1NC(=S)NC(=O)Cc1cccc2ccccc12. The van der Waals surface area contributed by atoms with Gasteiger partial charge in [-0.25, -0.2) is 4.79 Å². The fourth-order valence-electron chi connectivity index (χ4n) is 3.76. The number of thiophene rings is 1. The Labute approximate surface area is 212 Å². The number of ether oxygens (including phenoxy) is 2. The topological polar surface area (TPSA) is 76.7 Å². The first-order valence-corrected chi connectivity index (χ1v) is 12.3. The summed E-state index contributed by atoms with van der Waals surface area (Å²) in [6.45, 7) is 1.99. The van der Waals surface area contributed by atoms with Gasteiger partial charge in [-0.3, -0.25) is 4.79 Å². The summed E-state index contributed by atoms with van der Waals surface area (Å²) in [7, 11) is 1.60. The molecule has 1 aromatic heterocycles. The Hall–Kier alpha value is -3.75. The molecule has 6 nitrogen and oxygen atoms in total. The highest BCUT2D eigenvalue weighted by atomic mass is 32.1. The number of hydrogen-bond acceptors (Lipinski definition) is 6. The molecule has 0 aliphatic carbocycles. The summed E-state index contributed by atoms with van der Waals surface area (Å²) >= 11 is 6.70. The van der Waals surface area contributed by atoms with Crippen molar-refractivity contribution in [3.63, 3.8) is 0 Å². The third-order valence-electron chi connectivity index (χ3n) is 5.38. The molecule has 4 aromatic rings. The molecule has 3 aromatic carbocycles. The first-order valence-electron chi connectivity index (χ1n) is 11.0. The van der Waals surface area contributed by atoms with Gasteiger partial charge >= 0.3 is 5.97 Å². The van der Waals surface area contributed by atoms with Crippen LogP contribution in [0.1, 0.15) is 22.8 Å². The molecular formula is C27H24N2O4S2. The van der Waals surface area contributed by atoms with Crippen LogP contribution in [0.15, 0.2) is 72.1 Å². The van der Waals surface area contributed by atoms with E-state index in [4.69, 9.17) is 21.7 Å². The van der Waals surface area contributed by atoms with Gasteiger partial charge in [0.1, 0.15) is 16.3 Å². The number of esters is 1. The molecule has 178 valence electrons. The van der Waals surface area contributed by atoms with Crippen molar-refractivity contribution < 1.29 is 19.1 Å². The van der Waals surface area contributed by atoms with Crippen molar-refractivity contribution in [3.8, 4) is 16.9 Å². The summed E-state index contributed by atoms with van der Waals surface area (Å²) in [6, 6.07) is 21.2. The third kappa shape index (κ3) is 5.67. The van der Waals surface area contributed by atoms with Gasteiger partial charge in [0.25, 0.3) is 0 Å². The van der Waals surface area contributed by atoms with Crippen molar-refractivity contribution in [3.05, 3.63) is 83.2 Å². The van der Waals surface area contributed by atoms with Gasteiger partial charge in [0.2, 0.25) is 5.91 Å². The van der Waals surface area contributed by atoms with Gasteiger partial charge in [-0.05, 0) is 53.2 Å². The summed E-state index contributed by atoms with van der Waals surface area (Å²) < 4.78 is 10.5. The van der Waals surface area contributed by atoms with Crippen LogP contribution in [0.3, 0.4) is 0 Å². The fourth-order valence-corrected chi connectivity index (χ4v) is 5.01. The monoisotopic (exact) mass is 504 g/mol. The van der Waals surface area contributed by atoms with Crippen LogP contribution >= 0.6 is 23.6 Å². The van der Waals surface area contributed by atoms with E-state index in [2.05, 4.69) is 10.6 Å². The minimum Gasteiger partial charge on any atom is -0.497 e. The first-order chi connectivity index (χ1) is 17.0. The number of rotatable bonds is 7. The lowest BCUT2D eigenvalue weighted by atomic mass is 10.0. The van der Waals surface area contributed by atoms with Gasteiger partial charge in [0.05, 0.1) is 20.1 Å². The number of thiocarbonyl (C=S) groups is 1. The number of benzene rings is 3. The molecule has 0 fully saturated rings. The number of anilines is 1. The highest BCUT2D eigenvalue weighted by Crippen LogP contribution is 2.36. The van der Waals surface area contributed by atoms with Crippen LogP contribution in [0.4, 0.5) is 5.00 Å². The maximum atomic E-state index is 12.8. The number of hydrogen-bond donors (Lipinski definition) is 2. The number of methoxy groups -OCH3 is 1. The Kier molecular flexibility index (Phi) is 7.74. The third-order valence-corrected chi connectivity index (χ3v) is 6.48. The molecule has 1 amide bonds. The normalized spacial score (nSPS) is 10.6. The maximum Gasteiger partial charge on any atom is 0.341 e. The largest absolute Gasteiger partial charge is 0.497 e. The molecule has 0 atom stereocenters. The van der Waals surface area contributed by atoms with E-state index in [9.17, 15) is 9.59 Å². The molecule has 8 heteroatoms. The zero-order valence-corrected chi connectivity index (χ0v) is 20.9. The Morgan fingerprint density at radius 2 is 1.74 bits per heavy atom. The zero-order chi connectivity index (χ0) is 24.8. The van der Waals surface area contributed by atoms with Crippen LogP contribution in [0.5, 0.6) is 5.75 Å². The van der Waals surface area contributed by atoms with Crippen LogP contribution in [0, 0.1) is 0 Å². The van der Waals surface area contributed by atoms with E-state index in [0.29, 0.717) is 16.1 Å². The van der Waals surface area contributed by atoms with E-state index in [-0.39, 0.29) is 24.0 Å². The van der Waals surface area contributed by atoms with Crippen molar-refractivity contribution in [2.24, 2.45) is 0 Å². The molecule has 2 N–H and O–H groups in total. The van der Waals surface area contributed by atoms with Crippen LogP contribution in [-0.2, 0) is 16.0 Å². The summed E-state index contributed by atoms with van der Waals surface area (Å²) in [4.78, 5) is 25.5. The highest BCUT2D eigenvalue weighted by Gasteiger charge is 2.22. The Balaban J connectivity index is 1.51. The van der Waals surface area contributed by atoms with Crippen LogP contribution in [-0.4, -0.2) is 30.7 Å². The average Bonchev–Trinajstić information content (AvgIpc) is 3.27. The smallest absolute Gasteiger partial charge is 0.341 e. The molecule has 0 unspecified atom stereocenters. The van der Waals surface area contributed by atoms with E-state index in [0.717, 1.165) is 27.6 Å². The Bertz CT molecular complexity index is 1370. The molecule has 0 saturated carbocycles. The molecule has 4 rings (SSSR count). The van der Waals surface area contributed by atoms with Crippen LogP contribution < -0.4 is 15.4 Å². The molecule has 0 radical (unpaired) electrons. The van der Waals surface area contributed by atoms with Crippen molar-refractivity contribution in [1.29, 1.82) is 0 Å². The minimum atomic E-state index is -0.466. The van der Waals surface area contributed by atoms with Gasteiger partial charge in [0.15, 0.2) is 5.11 Å². The second-order valence-corrected chi connectivity index (χ2v) is 8.91. The Morgan fingerprint density at radius 3 is 2.49 bits per heavy atom. The number of fused-ring (bicyclic) bond motifs is 1.